The molecule has 0 fully saturated rings. The summed E-state index contributed by atoms with van der Waals surface area (Å²) in [6.07, 6.45) is 9.98. The van der Waals surface area contributed by atoms with E-state index in [9.17, 15) is 54.0 Å². The molecule has 0 radical (unpaired) electrons. The largest absolute Gasteiger partial charge is 0.506 e. The Balaban J connectivity index is 0.000000562. The maximum absolute atomic E-state index is 13.5. The van der Waals surface area contributed by atoms with Crippen LogP contribution in [0.5, 0.6) is 11.5 Å². The molecule has 4 rings (SSSR count). The zero-order chi connectivity index (χ0) is 68.1. The molecule has 12 N–H and O–H groups in total. The van der Waals surface area contributed by atoms with Gasteiger partial charge in [-0.1, -0.05) is 88.5 Å². The average molecular weight is 1260 g/mol. The van der Waals surface area contributed by atoms with Crippen molar-refractivity contribution in [3.8, 4) is 11.5 Å². The number of nitrogens with one attached hydrogen (secondary N) is 4. The lowest BCUT2D eigenvalue weighted by Gasteiger charge is -2.30. The van der Waals surface area contributed by atoms with Gasteiger partial charge in [-0.15, -0.1) is 13.2 Å². The van der Waals surface area contributed by atoms with Crippen LogP contribution >= 0.6 is 0 Å². The van der Waals surface area contributed by atoms with E-state index in [0.717, 1.165) is 6.08 Å². The summed E-state index contributed by atoms with van der Waals surface area (Å²) in [5.41, 5.74) is 13.4. The number of methoxy groups -OCH3 is 4. The van der Waals surface area contributed by atoms with Crippen molar-refractivity contribution in [2.75, 3.05) is 58.8 Å². The number of aliphatic hydroxyl groups excluding tert-OH is 2. The highest BCUT2D eigenvalue weighted by atomic mass is 16.6. The summed E-state index contributed by atoms with van der Waals surface area (Å²) in [7, 11) is 5.87. The molecule has 90 heavy (non-hydrogen) atoms. The molecule has 2 aliphatic heterocycles. The van der Waals surface area contributed by atoms with Gasteiger partial charge in [-0.25, -0.2) is 9.59 Å². The lowest BCUT2D eigenvalue weighted by Crippen LogP contribution is -2.37. The Morgan fingerprint density at radius 1 is 0.700 bits per heavy atom. The van der Waals surface area contributed by atoms with Gasteiger partial charge >= 0.3 is 18.2 Å². The number of aliphatic hydroxyl groups is 2. The molecule has 0 spiro atoms. The van der Waals surface area contributed by atoms with Crippen LogP contribution in [0.25, 0.3) is 0 Å². The second-order valence-electron chi connectivity index (χ2n) is 22.2. The smallest absolute Gasteiger partial charge is 0.405 e. The summed E-state index contributed by atoms with van der Waals surface area (Å²) < 4.78 is 37.6. The molecule has 24 nitrogen and oxygen atoms in total. The summed E-state index contributed by atoms with van der Waals surface area (Å²) in [5.74, 6) is -3.76. The van der Waals surface area contributed by atoms with E-state index in [0.29, 0.717) is 60.4 Å². The van der Waals surface area contributed by atoms with Crippen molar-refractivity contribution in [1.82, 2.24) is 10.6 Å². The number of allylic oxidation sites excluding steroid dienone is 6. The number of phenolic OH excluding ortho intramolecular Hbond substituents is 2. The van der Waals surface area contributed by atoms with Crippen molar-refractivity contribution in [2.24, 2.45) is 35.1 Å². The first kappa shape index (κ1) is 78.0. The Kier molecular flexibility index (Phi) is 33.9. The Bertz CT molecular complexity index is 2940. The number of ketones is 2. The number of fused-ring (bicyclic) bond motifs is 4. The van der Waals surface area contributed by atoms with Crippen LogP contribution < -0.4 is 32.7 Å². The number of aromatic hydroxyl groups is 2. The Morgan fingerprint density at radius 2 is 1.16 bits per heavy atom. The van der Waals surface area contributed by atoms with E-state index in [-0.39, 0.29) is 70.5 Å². The third-order valence-electron chi connectivity index (χ3n) is 14.8. The standard InChI is InChI=1S/C31H45N3O8.C31H43N3O8.C4H8O2/c2*1-8-12-33-26-21-13-17(2)14-25(41-7)27(36)19(4)15-20(5)29(42-31(32)39)24(40-6)11-9-10-18(3)30(38)34-22(28(21)37)16-23(26)35;1-3-6-4(2)5/h8-11,15-17,19,24-25,27,29,33,35-37H,1,12-14H2,2-7H3,(H2,32,39)(H,34,38);8-11,15-17,19,24-25,27,29,33,36H,1,12-14H2,2-7H3,(H2,32,39)(H,34,38);3H2,1-2H3/b2*11-9-,18-10+,20-15+;/t2*17-,19+,24+,25+,27-,29+;/m11./s1. The highest BCUT2D eigenvalue weighted by Crippen LogP contribution is 2.43. The summed E-state index contributed by atoms with van der Waals surface area (Å²) in [6, 6.07) is 1.28. The number of ether oxygens (including phenoxy) is 7. The minimum absolute atomic E-state index is 0.0416. The van der Waals surface area contributed by atoms with Gasteiger partial charge in [0.15, 0.2) is 12.2 Å². The average Bonchev–Trinajstić information content (AvgIpc) is 0.908. The number of primary amides is 2. The van der Waals surface area contributed by atoms with E-state index in [1.54, 1.807) is 90.2 Å². The van der Waals surface area contributed by atoms with Crippen LogP contribution in [0.3, 0.4) is 0 Å². The number of esters is 1. The maximum atomic E-state index is 13.5. The van der Waals surface area contributed by atoms with Gasteiger partial charge in [0.1, 0.15) is 23.7 Å². The first-order chi connectivity index (χ1) is 42.4. The van der Waals surface area contributed by atoms with Crippen LogP contribution in [0.2, 0.25) is 0 Å². The quantitative estimate of drug-likeness (QED) is 0.0232. The second kappa shape index (κ2) is 39.1. The molecule has 498 valence electrons. The SMILES string of the molecule is C=CCNC1=C2C[C@@H](C)C[C@H](OC)[C@H](O)[C@@H](C)/C=C(\C)[C@H](OC(N)=O)[C@@H](OC)/C=C\C=C(/C)C(=O)NC(=CC1=O)C2=O.C=CCNc1c(O)cc2c(O)c1C[C@@H](C)C[C@H](OC)[C@H](O)[C@@H](C)/C=C(\C)[C@H](OC(N)=O)[C@@H](OC)/C=C\C=C(/C)C(=O)N2.CCOC(C)=O. The topological polar surface area (TPSA) is 365 Å². The number of nitrogens with two attached hydrogens (primary N) is 2. The first-order valence-corrected chi connectivity index (χ1v) is 29.5. The van der Waals surface area contributed by atoms with Crippen LogP contribution in [0.4, 0.5) is 21.0 Å². The Hall–Kier alpha value is -8.13. The summed E-state index contributed by atoms with van der Waals surface area (Å²) >= 11 is 0. The molecule has 1 aromatic rings. The van der Waals surface area contributed by atoms with Gasteiger partial charge in [-0.05, 0) is 83.3 Å². The number of Topliss-reactive ketones (excluding diaryl/α,β-unsaturated/α-hetero) is 1. The third-order valence-corrected chi connectivity index (χ3v) is 14.8. The molecule has 0 aromatic heterocycles. The van der Waals surface area contributed by atoms with Crippen molar-refractivity contribution in [2.45, 2.75) is 144 Å². The number of amides is 4. The van der Waals surface area contributed by atoms with Crippen LogP contribution in [-0.2, 0) is 63.6 Å². The fourth-order valence-electron chi connectivity index (χ4n) is 10.1. The van der Waals surface area contributed by atoms with Crippen molar-refractivity contribution >= 4 is 52.9 Å². The molecule has 1 aliphatic carbocycles. The second-order valence-corrected chi connectivity index (χ2v) is 22.2. The van der Waals surface area contributed by atoms with Crippen molar-refractivity contribution in [3.63, 3.8) is 0 Å². The molecule has 0 saturated carbocycles. The first-order valence-electron chi connectivity index (χ1n) is 29.5. The van der Waals surface area contributed by atoms with Crippen molar-refractivity contribution in [3.05, 3.63) is 131 Å². The normalized spacial score (nSPS) is 28.9. The fraction of sp³-hybridized carbons (Fsp3) is 0.500. The summed E-state index contributed by atoms with van der Waals surface area (Å²) in [5, 5.41) is 55.8. The number of rotatable bonds is 13. The lowest BCUT2D eigenvalue weighted by molar-refractivity contribution is -0.140. The number of phenols is 2. The van der Waals surface area contributed by atoms with E-state index in [4.69, 9.17) is 39.9 Å². The molecule has 12 atom stereocenters. The predicted molar refractivity (Wildman–Crippen MR) is 342 cm³/mol. The molecule has 0 saturated heterocycles. The molecule has 3 aliphatic rings. The molecular weight excluding hydrogens is 1160 g/mol. The van der Waals surface area contributed by atoms with E-state index in [1.165, 1.54) is 53.6 Å². The van der Waals surface area contributed by atoms with E-state index in [2.05, 4.69) is 39.2 Å². The van der Waals surface area contributed by atoms with Gasteiger partial charge in [-0.3, -0.25) is 24.0 Å². The Morgan fingerprint density at radius 3 is 1.57 bits per heavy atom. The Labute approximate surface area is 528 Å². The summed E-state index contributed by atoms with van der Waals surface area (Å²) in [6.45, 7) is 25.7. The zero-order valence-corrected chi connectivity index (χ0v) is 54.4. The lowest BCUT2D eigenvalue weighted by atomic mass is 9.85. The van der Waals surface area contributed by atoms with Gasteiger partial charge < -0.3 is 86.3 Å². The van der Waals surface area contributed by atoms with Crippen LogP contribution in [0.1, 0.15) is 94.1 Å². The molecule has 24 heteroatoms. The molecule has 1 aromatic carbocycles. The van der Waals surface area contributed by atoms with Crippen LogP contribution in [0.15, 0.2) is 125 Å². The number of carbonyl (C=O) groups is 7. The maximum Gasteiger partial charge on any atom is 0.405 e. The number of anilines is 2. The van der Waals surface area contributed by atoms with Gasteiger partial charge in [0.05, 0.1) is 53.8 Å². The predicted octanol–water partition coefficient (Wildman–Crippen LogP) is 7.26. The monoisotopic (exact) mass is 1260 g/mol. The van der Waals surface area contributed by atoms with Crippen LogP contribution in [-0.4, -0.2) is 159 Å². The number of hydrogen-bond acceptors (Lipinski definition) is 20. The number of carbonyl (C=O) groups excluding carboxylic acids is 7. The summed E-state index contributed by atoms with van der Waals surface area (Å²) in [4.78, 5) is 85.8. The van der Waals surface area contributed by atoms with Crippen LogP contribution in [0, 0.1) is 23.7 Å². The highest BCUT2D eigenvalue weighted by molar-refractivity contribution is 6.23. The number of hydrogen-bond donors (Lipinski definition) is 10. The van der Waals surface area contributed by atoms with Gasteiger partial charge in [-0.2, -0.15) is 0 Å². The van der Waals surface area contributed by atoms with E-state index < -0.39 is 96.2 Å². The minimum Gasteiger partial charge on any atom is -0.506 e. The molecule has 0 unspecified atom stereocenters. The van der Waals surface area contributed by atoms with Gasteiger partial charge in [0.25, 0.3) is 11.8 Å². The van der Waals surface area contributed by atoms with Gasteiger partial charge in [0, 0.05) is 94.7 Å². The molecule has 4 bridgehead atoms. The highest BCUT2D eigenvalue weighted by Gasteiger charge is 2.35. The third kappa shape index (κ3) is 24.3. The number of benzene rings is 1. The van der Waals surface area contributed by atoms with E-state index in [1.807, 2.05) is 20.8 Å². The fourth-order valence-corrected chi connectivity index (χ4v) is 10.1. The molecule has 4 amide bonds. The van der Waals surface area contributed by atoms with E-state index >= 15 is 0 Å². The van der Waals surface area contributed by atoms with Crippen molar-refractivity contribution < 1.29 is 87.1 Å². The molecular formula is C66H96N6O18. The van der Waals surface area contributed by atoms with Crippen molar-refractivity contribution in [1.29, 1.82) is 0 Å². The minimum atomic E-state index is -1.00. The molecule has 2 heterocycles. The van der Waals surface area contributed by atoms with Gasteiger partial charge in [0.2, 0.25) is 11.6 Å². The zero-order valence-electron chi connectivity index (χ0n) is 54.4.